The lowest BCUT2D eigenvalue weighted by molar-refractivity contribution is -0.137. The Kier molecular flexibility index (Phi) is 4.30. The number of amides is 1. The fraction of sp³-hybridized carbons (Fsp3) is 0.714. The Morgan fingerprint density at radius 2 is 2.14 bits per heavy atom. The van der Waals surface area contributed by atoms with Crippen LogP contribution in [0.4, 0.5) is 13.6 Å². The Morgan fingerprint density at radius 3 is 2.64 bits per heavy atom. The molecule has 124 valence electrons. The van der Waals surface area contributed by atoms with Gasteiger partial charge in [-0.3, -0.25) is 4.68 Å². The van der Waals surface area contributed by atoms with Crippen LogP contribution in [0.3, 0.4) is 0 Å². The van der Waals surface area contributed by atoms with Crippen LogP contribution in [0.25, 0.3) is 0 Å². The average Bonchev–Trinajstić information content (AvgIpc) is 2.75. The highest BCUT2D eigenvalue weighted by molar-refractivity contribution is 5.68. The summed E-state index contributed by atoms with van der Waals surface area (Å²) in [6, 6.07) is 0. The van der Waals surface area contributed by atoms with Crippen LogP contribution in [0, 0.1) is 0 Å². The number of piperidine rings is 1. The molecule has 22 heavy (non-hydrogen) atoms. The van der Waals surface area contributed by atoms with Crippen molar-refractivity contribution < 1.29 is 23.0 Å². The van der Waals surface area contributed by atoms with Crippen molar-refractivity contribution in [2.45, 2.75) is 44.8 Å². The van der Waals surface area contributed by atoms with Crippen LogP contribution in [0.5, 0.6) is 5.75 Å². The minimum Gasteiger partial charge on any atom is -0.481 e. The summed E-state index contributed by atoms with van der Waals surface area (Å²) in [5.74, 6) is -2.86. The predicted molar refractivity (Wildman–Crippen MR) is 75.0 cm³/mol. The number of nitrogens with zero attached hydrogens (tertiary/aromatic N) is 3. The zero-order chi connectivity index (χ0) is 16.5. The van der Waals surface area contributed by atoms with Crippen LogP contribution in [0.15, 0.2) is 12.4 Å². The number of ether oxygens (including phenoxy) is 2. The smallest absolute Gasteiger partial charge is 0.410 e. The van der Waals surface area contributed by atoms with Gasteiger partial charge in [-0.15, -0.1) is 0 Å². The van der Waals surface area contributed by atoms with Gasteiger partial charge in [0.25, 0.3) is 0 Å². The van der Waals surface area contributed by atoms with E-state index in [0.29, 0.717) is 0 Å². The summed E-state index contributed by atoms with van der Waals surface area (Å²) in [5.41, 5.74) is -0.713. The van der Waals surface area contributed by atoms with Gasteiger partial charge >= 0.3 is 12.0 Å². The number of halogens is 2. The minimum atomic E-state index is -3.15. The van der Waals surface area contributed by atoms with Crippen molar-refractivity contribution >= 4 is 6.09 Å². The average molecular weight is 317 g/mol. The van der Waals surface area contributed by atoms with Gasteiger partial charge in [0.1, 0.15) is 5.60 Å². The molecule has 1 aromatic rings. The number of rotatable bonds is 2. The first kappa shape index (κ1) is 16.5. The van der Waals surface area contributed by atoms with E-state index in [2.05, 4.69) is 5.10 Å². The van der Waals surface area contributed by atoms with Crippen molar-refractivity contribution in [3.05, 3.63) is 12.4 Å². The number of carbonyl (C=O) groups is 1. The molecule has 1 atom stereocenters. The third kappa shape index (κ3) is 4.08. The molecule has 1 unspecified atom stereocenters. The summed E-state index contributed by atoms with van der Waals surface area (Å²) >= 11 is 0. The molecule has 2 rings (SSSR count). The minimum absolute atomic E-state index is 0.0289. The first-order valence-corrected chi connectivity index (χ1v) is 7.08. The molecule has 0 aromatic carbocycles. The van der Waals surface area contributed by atoms with Gasteiger partial charge in [-0.1, -0.05) is 0 Å². The third-order valence-corrected chi connectivity index (χ3v) is 3.15. The van der Waals surface area contributed by atoms with Crippen molar-refractivity contribution in [3.63, 3.8) is 0 Å². The number of alkyl halides is 2. The van der Waals surface area contributed by atoms with Crippen molar-refractivity contribution in [3.8, 4) is 5.75 Å². The Labute approximate surface area is 128 Å². The molecule has 0 N–H and O–H groups in total. The third-order valence-electron chi connectivity index (χ3n) is 3.15. The van der Waals surface area contributed by atoms with Crippen LogP contribution >= 0.6 is 0 Å². The molecule has 1 fully saturated rings. The second-order valence-corrected chi connectivity index (χ2v) is 6.41. The van der Waals surface area contributed by atoms with Gasteiger partial charge in [0.2, 0.25) is 0 Å². The SMILES string of the molecule is Cn1cc(OC2CCN(C(=O)OC(C)(C)C)CC2(F)F)cn1. The van der Waals surface area contributed by atoms with E-state index in [1.165, 1.54) is 17.1 Å². The standard InChI is InChI=1S/C14H21F2N3O3/c1-13(2,3)22-12(20)19-6-5-11(14(15,16)9-19)21-10-7-17-18(4)8-10/h7-8,11H,5-6,9H2,1-4H3. The van der Waals surface area contributed by atoms with Crippen LogP contribution in [0.2, 0.25) is 0 Å². The Morgan fingerprint density at radius 1 is 1.45 bits per heavy atom. The molecule has 1 amide bonds. The summed E-state index contributed by atoms with van der Waals surface area (Å²) in [6.07, 6.45) is 0.927. The van der Waals surface area contributed by atoms with Gasteiger partial charge in [-0.25, -0.2) is 13.6 Å². The number of carbonyl (C=O) groups excluding carboxylic acids is 1. The zero-order valence-corrected chi connectivity index (χ0v) is 13.2. The van der Waals surface area contributed by atoms with Gasteiger partial charge in [0.15, 0.2) is 11.9 Å². The van der Waals surface area contributed by atoms with Crippen LogP contribution in [-0.2, 0) is 11.8 Å². The van der Waals surface area contributed by atoms with E-state index in [1.807, 2.05) is 0 Å². The first-order valence-electron chi connectivity index (χ1n) is 7.08. The van der Waals surface area contributed by atoms with Gasteiger partial charge in [0.05, 0.1) is 18.9 Å². The fourth-order valence-corrected chi connectivity index (χ4v) is 2.17. The molecule has 0 saturated carbocycles. The topological polar surface area (TPSA) is 56.6 Å². The lowest BCUT2D eigenvalue weighted by Crippen LogP contribution is -2.56. The maximum atomic E-state index is 14.2. The molecule has 1 saturated heterocycles. The lowest BCUT2D eigenvalue weighted by Gasteiger charge is -2.38. The lowest BCUT2D eigenvalue weighted by atomic mass is 10.0. The highest BCUT2D eigenvalue weighted by atomic mass is 19.3. The molecule has 2 heterocycles. The second-order valence-electron chi connectivity index (χ2n) is 6.41. The molecule has 0 aliphatic carbocycles. The van der Waals surface area contributed by atoms with E-state index < -0.39 is 30.3 Å². The Hall–Kier alpha value is -1.86. The van der Waals surface area contributed by atoms with Crippen molar-refractivity contribution in [1.82, 2.24) is 14.7 Å². The summed E-state index contributed by atoms with van der Waals surface area (Å²) in [5, 5.41) is 3.88. The Bertz CT molecular complexity index is 540. The van der Waals surface area contributed by atoms with Gasteiger partial charge in [-0.2, -0.15) is 5.10 Å². The molecule has 1 aliphatic rings. The molecular weight excluding hydrogens is 296 g/mol. The summed E-state index contributed by atoms with van der Waals surface area (Å²) in [7, 11) is 1.68. The van der Waals surface area contributed by atoms with Crippen LogP contribution < -0.4 is 4.74 Å². The summed E-state index contributed by atoms with van der Waals surface area (Å²) in [4.78, 5) is 12.9. The quantitative estimate of drug-likeness (QED) is 0.841. The van der Waals surface area contributed by atoms with E-state index >= 15 is 0 Å². The van der Waals surface area contributed by atoms with Gasteiger partial charge in [-0.05, 0) is 20.8 Å². The molecule has 1 aromatic heterocycles. The zero-order valence-electron chi connectivity index (χ0n) is 13.2. The first-order chi connectivity index (χ1) is 10.1. The van der Waals surface area contributed by atoms with E-state index in [4.69, 9.17) is 9.47 Å². The molecule has 8 heteroatoms. The number of likely N-dealkylation sites (tertiary alicyclic amines) is 1. The maximum absolute atomic E-state index is 14.2. The molecule has 6 nitrogen and oxygen atoms in total. The van der Waals surface area contributed by atoms with Crippen molar-refractivity contribution in [2.75, 3.05) is 13.1 Å². The number of aryl methyl sites for hydroxylation is 1. The van der Waals surface area contributed by atoms with Crippen molar-refractivity contribution in [1.29, 1.82) is 0 Å². The highest BCUT2D eigenvalue weighted by Gasteiger charge is 2.48. The molecule has 0 spiro atoms. The number of hydrogen-bond donors (Lipinski definition) is 0. The summed E-state index contributed by atoms with van der Waals surface area (Å²) < 4.78 is 40.3. The molecule has 0 radical (unpaired) electrons. The van der Waals surface area contributed by atoms with Gasteiger partial charge in [0, 0.05) is 20.0 Å². The van der Waals surface area contributed by atoms with Crippen LogP contribution in [-0.4, -0.2) is 51.5 Å². The highest BCUT2D eigenvalue weighted by Crippen LogP contribution is 2.31. The van der Waals surface area contributed by atoms with E-state index in [0.717, 1.165) is 4.90 Å². The van der Waals surface area contributed by atoms with Crippen LogP contribution in [0.1, 0.15) is 27.2 Å². The number of aromatic nitrogens is 2. The molecular formula is C14H21F2N3O3. The number of hydrogen-bond acceptors (Lipinski definition) is 4. The monoisotopic (exact) mass is 317 g/mol. The van der Waals surface area contributed by atoms with Gasteiger partial charge < -0.3 is 14.4 Å². The normalized spacial score (nSPS) is 21.5. The van der Waals surface area contributed by atoms with E-state index in [-0.39, 0.29) is 18.7 Å². The van der Waals surface area contributed by atoms with Crippen molar-refractivity contribution in [2.24, 2.45) is 7.05 Å². The maximum Gasteiger partial charge on any atom is 0.410 e. The fourth-order valence-electron chi connectivity index (χ4n) is 2.17. The van der Waals surface area contributed by atoms with E-state index in [9.17, 15) is 13.6 Å². The summed E-state index contributed by atoms with van der Waals surface area (Å²) in [6.45, 7) is 4.53. The second kappa shape index (κ2) is 5.73. The largest absolute Gasteiger partial charge is 0.481 e. The van der Waals surface area contributed by atoms with E-state index in [1.54, 1.807) is 27.8 Å². The predicted octanol–water partition coefficient (Wildman–Crippen LogP) is 2.44. The molecule has 0 bridgehead atoms. The molecule has 1 aliphatic heterocycles. The Balaban J connectivity index is 1.98.